The van der Waals surface area contributed by atoms with Crippen LogP contribution in [-0.2, 0) is 11.0 Å². The van der Waals surface area contributed by atoms with Crippen molar-refractivity contribution in [2.45, 2.75) is 63.1 Å². The Bertz CT molecular complexity index is 2210. The number of nitrogens with one attached hydrogen (secondary N) is 1. The molecule has 4 atom stereocenters. The van der Waals surface area contributed by atoms with Crippen LogP contribution in [0.4, 0.5) is 33.6 Å². The van der Waals surface area contributed by atoms with Gasteiger partial charge in [-0.15, -0.1) is 0 Å². The lowest BCUT2D eigenvalue weighted by Crippen LogP contribution is -2.43. The molecule has 0 aliphatic carbocycles. The molecule has 13 nitrogen and oxygen atoms in total. The molecule has 0 spiro atoms. The van der Waals surface area contributed by atoms with Crippen LogP contribution in [0.3, 0.4) is 0 Å². The lowest BCUT2D eigenvalue weighted by Gasteiger charge is -2.35. The van der Waals surface area contributed by atoms with E-state index >= 15 is 4.39 Å². The molecule has 0 amide bonds. The average Bonchev–Trinajstić information content (AvgIpc) is 3.78. The van der Waals surface area contributed by atoms with Gasteiger partial charge in [-0.2, -0.15) is 28.2 Å². The Balaban J connectivity index is 0.00000140. The number of ether oxygens (including phenoxy) is 2. The molecule has 4 aromatic heterocycles. The second-order valence-electron chi connectivity index (χ2n) is 13.3. The first kappa shape index (κ1) is 36.3. The van der Waals surface area contributed by atoms with Gasteiger partial charge in [-0.3, -0.25) is 14.8 Å². The van der Waals surface area contributed by atoms with Crippen molar-refractivity contribution < 1.29 is 41.3 Å². The van der Waals surface area contributed by atoms with Gasteiger partial charge in [0.05, 0.1) is 39.9 Å². The molecule has 1 aromatic carbocycles. The predicted octanol–water partition coefficient (Wildman–Crippen LogP) is 6.36. The number of nitrogens with zero attached hydrogens (tertiary/aromatic N) is 7. The van der Waals surface area contributed by atoms with E-state index in [-0.39, 0.29) is 78.0 Å². The summed E-state index contributed by atoms with van der Waals surface area (Å²) in [6.07, 6.45) is -1.47. The number of H-pyrrole nitrogens is 1. The summed E-state index contributed by atoms with van der Waals surface area (Å²) >= 11 is 6.19. The highest BCUT2D eigenvalue weighted by atomic mass is 35.5. The maximum atomic E-state index is 17.1. The van der Waals surface area contributed by atoms with Crippen LogP contribution in [0.5, 0.6) is 11.9 Å². The standard InChI is InChI=1S/C33H31ClF5N9O2.CH2O2/c1-15-13-49-30-23-27(25(36)26(43-30)22-19-11-42-46-21(19)9-20(34)24(22)33(37,38)39)44-31(50-14-32-6-4-8-47(32)12-17(35)10-32)45-29(23)48(15)16(2)18-5-3-7-41-28(18)40;2-1-3/h3,5,7,9,11,15-17H,4,6,8,10,12-14H2,1-2H3,(H2,40,41)(H,42,46);1H,(H,2,3)/t15-,16+,17+,32-;/m0./s1. The summed E-state index contributed by atoms with van der Waals surface area (Å²) < 4.78 is 88.0. The maximum absolute atomic E-state index is 17.1. The molecule has 53 heavy (non-hydrogen) atoms. The van der Waals surface area contributed by atoms with Crippen LogP contribution < -0.4 is 20.1 Å². The van der Waals surface area contributed by atoms with Crippen molar-refractivity contribution in [2.24, 2.45) is 0 Å². The Morgan fingerprint density at radius 1 is 1.30 bits per heavy atom. The lowest BCUT2D eigenvalue weighted by molar-refractivity contribution is -0.137. The lowest BCUT2D eigenvalue weighted by atomic mass is 9.95. The molecular weight excluding hydrogens is 729 g/mol. The van der Waals surface area contributed by atoms with Crippen LogP contribution >= 0.6 is 11.6 Å². The van der Waals surface area contributed by atoms with Crippen molar-refractivity contribution in [3.8, 4) is 23.1 Å². The molecule has 8 rings (SSSR count). The van der Waals surface area contributed by atoms with Gasteiger partial charge in [0.2, 0.25) is 5.88 Å². The summed E-state index contributed by atoms with van der Waals surface area (Å²) in [7, 11) is 0. The zero-order valence-corrected chi connectivity index (χ0v) is 29.0. The molecule has 4 N–H and O–H groups in total. The van der Waals surface area contributed by atoms with Crippen molar-refractivity contribution in [2.75, 3.05) is 36.9 Å². The Morgan fingerprint density at radius 2 is 2.08 bits per heavy atom. The number of nitrogens with two attached hydrogens (primary N) is 1. The predicted molar refractivity (Wildman–Crippen MR) is 184 cm³/mol. The molecule has 0 bridgehead atoms. The van der Waals surface area contributed by atoms with E-state index in [0.717, 1.165) is 25.2 Å². The van der Waals surface area contributed by atoms with Crippen molar-refractivity contribution in [3.05, 3.63) is 52.6 Å². The fourth-order valence-electron chi connectivity index (χ4n) is 7.84. The molecule has 3 aliphatic heterocycles. The molecule has 2 fully saturated rings. The van der Waals surface area contributed by atoms with E-state index in [1.54, 1.807) is 18.3 Å². The molecule has 5 aromatic rings. The molecule has 0 unspecified atom stereocenters. The Kier molecular flexibility index (Phi) is 9.38. The molecule has 3 aliphatic rings. The van der Waals surface area contributed by atoms with Crippen LogP contribution in [0, 0.1) is 5.82 Å². The van der Waals surface area contributed by atoms with Gasteiger partial charge in [-0.25, -0.2) is 18.7 Å². The van der Waals surface area contributed by atoms with Crippen LogP contribution in [0.2, 0.25) is 5.02 Å². The van der Waals surface area contributed by atoms with Gasteiger partial charge in [-0.1, -0.05) is 17.7 Å². The second kappa shape index (κ2) is 13.7. The van der Waals surface area contributed by atoms with Crippen molar-refractivity contribution in [1.29, 1.82) is 0 Å². The average molecular weight is 762 g/mol. The number of carbonyl (C=O) groups is 1. The number of hydrogen-bond donors (Lipinski definition) is 3. The number of anilines is 2. The quantitative estimate of drug-likeness (QED) is 0.130. The van der Waals surface area contributed by atoms with Crippen LogP contribution in [0.1, 0.15) is 50.3 Å². The molecule has 280 valence electrons. The second-order valence-corrected chi connectivity index (χ2v) is 13.7. The van der Waals surface area contributed by atoms with Gasteiger partial charge in [0.15, 0.2) is 5.82 Å². The third kappa shape index (κ3) is 6.26. The molecule has 19 heteroatoms. The van der Waals surface area contributed by atoms with E-state index in [1.165, 1.54) is 0 Å². The zero-order valence-electron chi connectivity index (χ0n) is 28.3. The number of carboxylic acid groups (broad SMARTS) is 1. The largest absolute Gasteiger partial charge is 0.483 e. The summed E-state index contributed by atoms with van der Waals surface area (Å²) in [6, 6.07) is 3.44. The highest BCUT2D eigenvalue weighted by molar-refractivity contribution is 6.33. The fourth-order valence-corrected chi connectivity index (χ4v) is 8.15. The van der Waals surface area contributed by atoms with Gasteiger partial charge in [0, 0.05) is 35.7 Å². The number of rotatable bonds is 6. The molecule has 0 saturated carbocycles. The number of halogens is 6. The highest BCUT2D eigenvalue weighted by Gasteiger charge is 2.49. The smallest absolute Gasteiger partial charge is 0.418 e. The topological polar surface area (TPSA) is 168 Å². The van der Waals surface area contributed by atoms with Gasteiger partial charge in [0.25, 0.3) is 6.47 Å². The summed E-state index contributed by atoms with van der Waals surface area (Å²) in [6.45, 7) is 4.50. The molecule has 2 saturated heterocycles. The fraction of sp³-hybridized carbons (Fsp3) is 0.412. The van der Waals surface area contributed by atoms with E-state index in [1.807, 2.05) is 18.7 Å². The third-order valence-electron chi connectivity index (χ3n) is 10.1. The summed E-state index contributed by atoms with van der Waals surface area (Å²) in [5.41, 5.74) is 3.51. The SMILES string of the molecule is C[C@H](c1cccnc1N)N1c2nc(OC[C@@]34CCCN3C[C@H](F)C4)nc3c(F)c(-c4c(C(F)(F)F)c(Cl)cc5[nH]ncc45)nc(c23)OC[C@@H]1C.O=CO. The number of alkyl halides is 4. The number of aromatic amines is 1. The first-order valence-electron chi connectivity index (χ1n) is 16.6. The first-order valence-corrected chi connectivity index (χ1v) is 17.0. The van der Waals surface area contributed by atoms with E-state index in [2.05, 4.69) is 30.0 Å². The minimum absolute atomic E-state index is 0.0109. The molecule has 7 heterocycles. The van der Waals surface area contributed by atoms with E-state index < -0.39 is 57.6 Å². The van der Waals surface area contributed by atoms with Gasteiger partial charge in [-0.05, 0) is 45.4 Å². The Hall–Kier alpha value is -5.10. The number of pyridine rings is 2. The minimum Gasteiger partial charge on any atom is -0.483 e. The number of nitrogen functional groups attached to an aromatic ring is 1. The molecule has 0 radical (unpaired) electrons. The van der Waals surface area contributed by atoms with Crippen molar-refractivity contribution in [1.82, 2.24) is 35.0 Å². The normalized spacial score (nSPS) is 21.8. The third-order valence-corrected chi connectivity index (χ3v) is 10.4. The number of fused-ring (bicyclic) bond motifs is 2. The van der Waals surface area contributed by atoms with Crippen LogP contribution in [0.25, 0.3) is 33.1 Å². The Morgan fingerprint density at radius 3 is 2.81 bits per heavy atom. The maximum Gasteiger partial charge on any atom is 0.418 e. The monoisotopic (exact) mass is 761 g/mol. The van der Waals surface area contributed by atoms with Crippen molar-refractivity contribution in [3.63, 3.8) is 0 Å². The first-order chi connectivity index (χ1) is 25.3. The van der Waals surface area contributed by atoms with E-state index in [4.69, 9.17) is 41.7 Å². The van der Waals surface area contributed by atoms with Gasteiger partial charge < -0.3 is 25.2 Å². The summed E-state index contributed by atoms with van der Waals surface area (Å²) in [4.78, 5) is 30.1. The zero-order chi connectivity index (χ0) is 37.8. The minimum atomic E-state index is -4.99. The van der Waals surface area contributed by atoms with Gasteiger partial charge in [0.1, 0.15) is 47.6 Å². The number of aromatic nitrogens is 6. The number of hydrogen-bond acceptors (Lipinski definition) is 11. The highest BCUT2D eigenvalue weighted by Crippen LogP contribution is 2.49. The van der Waals surface area contributed by atoms with Crippen LogP contribution in [0.15, 0.2) is 30.6 Å². The van der Waals surface area contributed by atoms with Crippen LogP contribution in [-0.4, -0.2) is 90.7 Å². The molecular formula is C34H33ClF5N9O4. The van der Waals surface area contributed by atoms with Crippen molar-refractivity contribution >= 4 is 51.5 Å². The number of benzene rings is 1. The van der Waals surface area contributed by atoms with E-state index in [0.29, 0.717) is 12.0 Å². The van der Waals surface area contributed by atoms with E-state index in [9.17, 15) is 17.6 Å². The summed E-state index contributed by atoms with van der Waals surface area (Å²) in [5.74, 6) is -0.916. The Labute approximate surface area is 303 Å². The van der Waals surface area contributed by atoms with Gasteiger partial charge >= 0.3 is 12.2 Å². The summed E-state index contributed by atoms with van der Waals surface area (Å²) in [5, 5.41) is 12.7.